The van der Waals surface area contributed by atoms with Crippen LogP contribution in [0.2, 0.25) is 0 Å². The molecule has 0 unspecified atom stereocenters. The van der Waals surface area contributed by atoms with Gasteiger partial charge in [0.1, 0.15) is 17.1 Å². The number of nitrogens with zero attached hydrogens (tertiary/aromatic N) is 1. The number of rotatable bonds is 9. The van der Waals surface area contributed by atoms with E-state index in [0.717, 1.165) is 42.1 Å². The summed E-state index contributed by atoms with van der Waals surface area (Å²) in [5.74, 6) is 1.32. The molecule has 0 aromatic heterocycles. The second-order valence-corrected chi connectivity index (χ2v) is 8.75. The molecular weight excluding hydrogens is 410 g/mol. The second kappa shape index (κ2) is 10.9. The van der Waals surface area contributed by atoms with Crippen LogP contribution in [-0.4, -0.2) is 43.4 Å². The topological polar surface area (TPSA) is 41.9 Å². The molecule has 4 rings (SSSR count). The zero-order chi connectivity index (χ0) is 23.1. The third kappa shape index (κ3) is 5.07. The summed E-state index contributed by atoms with van der Waals surface area (Å²) >= 11 is 0. The van der Waals surface area contributed by atoms with E-state index >= 15 is 0 Å². The van der Waals surface area contributed by atoms with E-state index in [2.05, 4.69) is 29.2 Å². The molecule has 4 heteroatoms. The average Bonchev–Trinajstić information content (AvgIpc) is 2.88. The van der Waals surface area contributed by atoms with Crippen molar-refractivity contribution < 1.29 is 14.6 Å². The summed E-state index contributed by atoms with van der Waals surface area (Å²) in [6.07, 6.45) is 3.69. The summed E-state index contributed by atoms with van der Waals surface area (Å²) in [5.41, 5.74) is 1.45. The molecular formula is C29H35NO3. The molecule has 3 aromatic carbocycles. The van der Waals surface area contributed by atoms with Crippen LogP contribution < -0.4 is 9.47 Å². The van der Waals surface area contributed by atoms with Crippen LogP contribution in [0, 0.1) is 0 Å². The van der Waals surface area contributed by atoms with Crippen molar-refractivity contribution in [1.82, 2.24) is 4.90 Å². The molecule has 1 heterocycles. The molecule has 1 fully saturated rings. The van der Waals surface area contributed by atoms with Crippen molar-refractivity contribution in [3.8, 4) is 11.5 Å². The zero-order valence-corrected chi connectivity index (χ0v) is 19.7. The average molecular weight is 446 g/mol. The fourth-order valence-corrected chi connectivity index (χ4v) is 5.04. The van der Waals surface area contributed by atoms with E-state index in [1.54, 1.807) is 7.11 Å². The summed E-state index contributed by atoms with van der Waals surface area (Å²) in [6.45, 7) is 5.48. The number of aliphatic hydroxyl groups is 1. The fourth-order valence-electron chi connectivity index (χ4n) is 5.04. The lowest BCUT2D eigenvalue weighted by Gasteiger charge is -2.41. The van der Waals surface area contributed by atoms with E-state index in [1.807, 2.05) is 61.5 Å². The lowest BCUT2D eigenvalue weighted by atomic mass is 9.72. The minimum Gasteiger partial charge on any atom is -0.496 e. The lowest BCUT2D eigenvalue weighted by molar-refractivity contribution is 0.0290. The normalized spacial score (nSPS) is 17.2. The maximum Gasteiger partial charge on any atom is 0.126 e. The first kappa shape index (κ1) is 23.3. The zero-order valence-electron chi connectivity index (χ0n) is 19.7. The van der Waals surface area contributed by atoms with E-state index in [9.17, 15) is 5.11 Å². The molecule has 0 radical (unpaired) electrons. The first-order valence-corrected chi connectivity index (χ1v) is 12.0. The molecule has 174 valence electrons. The van der Waals surface area contributed by atoms with Crippen molar-refractivity contribution in [2.75, 3.05) is 33.4 Å². The Kier molecular flexibility index (Phi) is 7.69. The number of hydrogen-bond acceptors (Lipinski definition) is 4. The molecule has 2 atom stereocenters. The van der Waals surface area contributed by atoms with Gasteiger partial charge in [0.15, 0.2) is 0 Å². The number of methoxy groups -OCH3 is 1. The number of benzene rings is 3. The maximum absolute atomic E-state index is 12.8. The van der Waals surface area contributed by atoms with E-state index in [1.165, 1.54) is 19.3 Å². The largest absolute Gasteiger partial charge is 0.496 e. The highest BCUT2D eigenvalue weighted by atomic mass is 16.5. The maximum atomic E-state index is 12.8. The van der Waals surface area contributed by atoms with Gasteiger partial charge in [0.2, 0.25) is 0 Å². The Balaban J connectivity index is 1.87. The molecule has 0 bridgehead atoms. The SMILES string of the molecule is CCOc1ccc([C@@](O)(c2ccccc2OC)[C@@H](CN2CCCCC2)c2ccccc2)cc1. The second-order valence-electron chi connectivity index (χ2n) is 8.75. The Morgan fingerprint density at radius 2 is 1.55 bits per heavy atom. The highest BCUT2D eigenvalue weighted by Gasteiger charge is 2.44. The van der Waals surface area contributed by atoms with Gasteiger partial charge >= 0.3 is 0 Å². The Labute approximate surface area is 197 Å². The first-order chi connectivity index (χ1) is 16.2. The lowest BCUT2D eigenvalue weighted by Crippen LogP contribution is -2.43. The summed E-state index contributed by atoms with van der Waals surface area (Å²) in [6, 6.07) is 26.1. The predicted molar refractivity (Wildman–Crippen MR) is 133 cm³/mol. The molecule has 4 nitrogen and oxygen atoms in total. The molecule has 1 saturated heterocycles. The smallest absolute Gasteiger partial charge is 0.126 e. The quantitative estimate of drug-likeness (QED) is 0.466. The van der Waals surface area contributed by atoms with E-state index in [4.69, 9.17) is 9.47 Å². The Morgan fingerprint density at radius 3 is 2.21 bits per heavy atom. The minimum absolute atomic E-state index is 0.175. The van der Waals surface area contributed by atoms with Crippen LogP contribution in [-0.2, 0) is 5.60 Å². The summed E-state index contributed by atoms with van der Waals surface area (Å²) < 4.78 is 11.4. The van der Waals surface area contributed by atoms with Gasteiger partial charge in [-0.25, -0.2) is 0 Å². The van der Waals surface area contributed by atoms with Crippen molar-refractivity contribution in [3.05, 3.63) is 95.6 Å². The van der Waals surface area contributed by atoms with Gasteiger partial charge in [-0.05, 0) is 62.2 Å². The summed E-state index contributed by atoms with van der Waals surface area (Å²) in [7, 11) is 1.67. The number of piperidine rings is 1. The van der Waals surface area contributed by atoms with Gasteiger partial charge in [-0.15, -0.1) is 0 Å². The molecule has 1 N–H and O–H groups in total. The van der Waals surface area contributed by atoms with Gasteiger partial charge in [0.25, 0.3) is 0 Å². The van der Waals surface area contributed by atoms with Gasteiger partial charge in [-0.1, -0.05) is 67.1 Å². The van der Waals surface area contributed by atoms with Crippen LogP contribution in [0.4, 0.5) is 0 Å². The third-order valence-electron chi connectivity index (χ3n) is 6.72. The van der Waals surface area contributed by atoms with Crippen LogP contribution >= 0.6 is 0 Å². The molecule has 0 saturated carbocycles. The number of hydrogen-bond donors (Lipinski definition) is 1. The molecule has 1 aliphatic rings. The van der Waals surface area contributed by atoms with Gasteiger partial charge in [0, 0.05) is 18.0 Å². The predicted octanol–water partition coefficient (Wildman–Crippen LogP) is 5.60. The molecule has 33 heavy (non-hydrogen) atoms. The van der Waals surface area contributed by atoms with Crippen molar-refractivity contribution >= 4 is 0 Å². The monoisotopic (exact) mass is 445 g/mol. The van der Waals surface area contributed by atoms with E-state index in [-0.39, 0.29) is 5.92 Å². The Morgan fingerprint density at radius 1 is 0.879 bits per heavy atom. The number of ether oxygens (including phenoxy) is 2. The fraction of sp³-hybridized carbons (Fsp3) is 0.379. The van der Waals surface area contributed by atoms with E-state index < -0.39 is 5.60 Å². The number of likely N-dealkylation sites (tertiary alicyclic amines) is 1. The van der Waals surface area contributed by atoms with Crippen molar-refractivity contribution in [2.45, 2.75) is 37.7 Å². The van der Waals surface area contributed by atoms with Gasteiger partial charge in [-0.2, -0.15) is 0 Å². The highest BCUT2D eigenvalue weighted by molar-refractivity contribution is 5.49. The van der Waals surface area contributed by atoms with Crippen LogP contribution in [0.5, 0.6) is 11.5 Å². The summed E-state index contributed by atoms with van der Waals surface area (Å²) in [4.78, 5) is 2.50. The molecule has 3 aromatic rings. The van der Waals surface area contributed by atoms with Crippen molar-refractivity contribution in [2.24, 2.45) is 0 Å². The van der Waals surface area contributed by atoms with Gasteiger partial charge in [-0.3, -0.25) is 0 Å². The number of para-hydroxylation sites is 1. The van der Waals surface area contributed by atoms with Crippen molar-refractivity contribution in [3.63, 3.8) is 0 Å². The van der Waals surface area contributed by atoms with E-state index in [0.29, 0.717) is 12.4 Å². The van der Waals surface area contributed by atoms with Gasteiger partial charge in [0.05, 0.1) is 13.7 Å². The van der Waals surface area contributed by atoms with Crippen LogP contribution in [0.3, 0.4) is 0 Å². The van der Waals surface area contributed by atoms with Crippen LogP contribution in [0.25, 0.3) is 0 Å². The van der Waals surface area contributed by atoms with Crippen LogP contribution in [0.15, 0.2) is 78.9 Å². The minimum atomic E-state index is -1.28. The molecule has 0 aliphatic carbocycles. The molecule has 1 aliphatic heterocycles. The first-order valence-electron chi connectivity index (χ1n) is 12.0. The molecule has 0 amide bonds. The Hall–Kier alpha value is -2.82. The highest BCUT2D eigenvalue weighted by Crippen LogP contribution is 2.46. The standard InChI is InChI=1S/C29H35NO3/c1-3-33-25-18-16-24(17-19-25)29(31,26-14-8-9-15-28(26)32-2)27(23-12-6-4-7-13-23)22-30-20-10-5-11-21-30/h4,6-9,12-19,27,31H,3,5,10-11,20-22H2,1-2H3/t27-,29+/m0/s1. The third-order valence-corrected chi connectivity index (χ3v) is 6.72. The van der Waals surface area contributed by atoms with Crippen LogP contribution in [0.1, 0.15) is 48.8 Å². The summed E-state index contributed by atoms with van der Waals surface area (Å²) in [5, 5.41) is 12.8. The van der Waals surface area contributed by atoms with Crippen molar-refractivity contribution in [1.29, 1.82) is 0 Å². The van der Waals surface area contributed by atoms with Gasteiger partial charge < -0.3 is 19.5 Å². The Bertz CT molecular complexity index is 999. The molecule has 0 spiro atoms.